The molecule has 0 heterocycles. The summed E-state index contributed by atoms with van der Waals surface area (Å²) in [5.41, 5.74) is 2.76. The SMILES string of the molecule is COc1c(C#N)cc(C)c(C)c1Br. The molecule has 0 aromatic heterocycles. The molecule has 2 nitrogen and oxygen atoms in total. The second-order valence-corrected chi connectivity index (χ2v) is 3.62. The Hall–Kier alpha value is -1.01. The zero-order chi connectivity index (χ0) is 10.0. The van der Waals surface area contributed by atoms with Gasteiger partial charge in [0.15, 0.2) is 5.75 Å². The van der Waals surface area contributed by atoms with Crippen LogP contribution in [-0.4, -0.2) is 7.11 Å². The Labute approximate surface area is 86.3 Å². The first-order valence-electron chi connectivity index (χ1n) is 3.85. The van der Waals surface area contributed by atoms with Crippen LogP contribution in [0.3, 0.4) is 0 Å². The summed E-state index contributed by atoms with van der Waals surface area (Å²) in [4.78, 5) is 0. The second-order valence-electron chi connectivity index (χ2n) is 2.83. The maximum absolute atomic E-state index is 8.84. The molecule has 1 aromatic rings. The minimum absolute atomic E-state index is 0.567. The van der Waals surface area contributed by atoms with E-state index in [0.717, 1.165) is 15.6 Å². The highest BCUT2D eigenvalue weighted by molar-refractivity contribution is 9.10. The van der Waals surface area contributed by atoms with E-state index in [-0.39, 0.29) is 0 Å². The fraction of sp³-hybridized carbons (Fsp3) is 0.300. The fourth-order valence-electron chi connectivity index (χ4n) is 1.13. The van der Waals surface area contributed by atoms with Crippen molar-refractivity contribution in [2.45, 2.75) is 13.8 Å². The number of aryl methyl sites for hydroxylation is 1. The average Bonchev–Trinajstić information content (AvgIpc) is 2.13. The van der Waals surface area contributed by atoms with Gasteiger partial charge in [-0.05, 0) is 47.0 Å². The summed E-state index contributed by atoms with van der Waals surface area (Å²) in [5, 5.41) is 8.84. The maximum Gasteiger partial charge on any atom is 0.151 e. The van der Waals surface area contributed by atoms with Crippen LogP contribution in [0.1, 0.15) is 16.7 Å². The maximum atomic E-state index is 8.84. The third-order valence-corrected chi connectivity index (χ3v) is 3.01. The molecule has 68 valence electrons. The van der Waals surface area contributed by atoms with E-state index in [1.165, 1.54) is 0 Å². The number of halogens is 1. The number of hydrogen-bond donors (Lipinski definition) is 0. The lowest BCUT2D eigenvalue weighted by Gasteiger charge is -2.10. The van der Waals surface area contributed by atoms with Crippen LogP contribution in [0.4, 0.5) is 0 Å². The molecule has 0 aliphatic rings. The molecule has 0 saturated heterocycles. The van der Waals surface area contributed by atoms with Crippen molar-refractivity contribution in [1.82, 2.24) is 0 Å². The number of benzene rings is 1. The standard InChI is InChI=1S/C10H10BrNO/c1-6-4-8(5-12)10(13-3)9(11)7(6)2/h4H,1-3H3. The van der Waals surface area contributed by atoms with Gasteiger partial charge in [-0.1, -0.05) is 0 Å². The molecule has 1 aromatic carbocycles. The first-order valence-corrected chi connectivity index (χ1v) is 4.65. The second kappa shape index (κ2) is 3.80. The fourth-order valence-corrected chi connectivity index (χ4v) is 1.82. The minimum atomic E-state index is 0.567. The predicted molar refractivity (Wildman–Crippen MR) is 54.9 cm³/mol. The molecular formula is C10H10BrNO. The van der Waals surface area contributed by atoms with Crippen molar-refractivity contribution >= 4 is 15.9 Å². The zero-order valence-corrected chi connectivity index (χ0v) is 9.40. The van der Waals surface area contributed by atoms with Crippen LogP contribution in [0.5, 0.6) is 5.75 Å². The molecule has 3 heteroatoms. The van der Waals surface area contributed by atoms with Gasteiger partial charge in [-0.2, -0.15) is 5.26 Å². The van der Waals surface area contributed by atoms with E-state index in [2.05, 4.69) is 22.0 Å². The number of nitriles is 1. The van der Waals surface area contributed by atoms with E-state index in [1.54, 1.807) is 7.11 Å². The summed E-state index contributed by atoms with van der Waals surface area (Å²) in [6.07, 6.45) is 0. The van der Waals surface area contributed by atoms with Crippen molar-refractivity contribution in [2.24, 2.45) is 0 Å². The normalized spacial score (nSPS) is 9.46. The third-order valence-electron chi connectivity index (χ3n) is 2.05. The van der Waals surface area contributed by atoms with Gasteiger partial charge in [0.2, 0.25) is 0 Å². The van der Waals surface area contributed by atoms with Crippen molar-refractivity contribution in [3.05, 3.63) is 27.2 Å². The van der Waals surface area contributed by atoms with Crippen molar-refractivity contribution in [2.75, 3.05) is 7.11 Å². The summed E-state index contributed by atoms with van der Waals surface area (Å²) in [5.74, 6) is 0.616. The molecule has 0 bridgehead atoms. The Morgan fingerprint density at radius 3 is 2.54 bits per heavy atom. The van der Waals surface area contributed by atoms with Gasteiger partial charge >= 0.3 is 0 Å². The molecular weight excluding hydrogens is 230 g/mol. The van der Waals surface area contributed by atoms with Crippen LogP contribution in [0.15, 0.2) is 10.5 Å². The lowest BCUT2D eigenvalue weighted by atomic mass is 10.1. The Balaban J connectivity index is 3.50. The minimum Gasteiger partial charge on any atom is -0.494 e. The molecule has 0 unspecified atom stereocenters. The van der Waals surface area contributed by atoms with Gasteiger partial charge in [-0.15, -0.1) is 0 Å². The van der Waals surface area contributed by atoms with E-state index in [0.29, 0.717) is 11.3 Å². The van der Waals surface area contributed by atoms with Gasteiger partial charge in [-0.3, -0.25) is 0 Å². The molecule has 0 saturated carbocycles. The monoisotopic (exact) mass is 239 g/mol. The Bertz CT molecular complexity index is 379. The zero-order valence-electron chi connectivity index (χ0n) is 7.81. The molecule has 0 N–H and O–H groups in total. The molecule has 0 spiro atoms. The Kier molecular flexibility index (Phi) is 2.94. The van der Waals surface area contributed by atoms with Gasteiger partial charge in [0.25, 0.3) is 0 Å². The van der Waals surface area contributed by atoms with E-state index in [4.69, 9.17) is 10.00 Å². The molecule has 0 amide bonds. The highest BCUT2D eigenvalue weighted by atomic mass is 79.9. The van der Waals surface area contributed by atoms with Crippen molar-refractivity contribution in [3.8, 4) is 11.8 Å². The van der Waals surface area contributed by atoms with Crippen LogP contribution >= 0.6 is 15.9 Å². The molecule has 0 fully saturated rings. The first kappa shape index (κ1) is 10.1. The number of ether oxygens (including phenoxy) is 1. The van der Waals surface area contributed by atoms with Crippen LogP contribution in [-0.2, 0) is 0 Å². The van der Waals surface area contributed by atoms with E-state index >= 15 is 0 Å². The first-order chi connectivity index (χ1) is 6.11. The summed E-state index contributed by atoms with van der Waals surface area (Å²) < 4.78 is 6.00. The molecule has 0 atom stereocenters. The van der Waals surface area contributed by atoms with Gasteiger partial charge in [0, 0.05) is 0 Å². The molecule has 13 heavy (non-hydrogen) atoms. The lowest BCUT2D eigenvalue weighted by molar-refractivity contribution is 0.410. The van der Waals surface area contributed by atoms with Gasteiger partial charge in [0.1, 0.15) is 6.07 Å². The summed E-state index contributed by atoms with van der Waals surface area (Å²) in [6.45, 7) is 3.96. The number of nitrogens with zero attached hydrogens (tertiary/aromatic N) is 1. The molecule has 0 aliphatic carbocycles. The average molecular weight is 240 g/mol. The third kappa shape index (κ3) is 1.68. The van der Waals surface area contributed by atoms with Crippen LogP contribution < -0.4 is 4.74 Å². The largest absolute Gasteiger partial charge is 0.494 e. The van der Waals surface area contributed by atoms with Gasteiger partial charge in [0.05, 0.1) is 17.1 Å². The van der Waals surface area contributed by atoms with Crippen LogP contribution in [0, 0.1) is 25.2 Å². The smallest absolute Gasteiger partial charge is 0.151 e. The lowest BCUT2D eigenvalue weighted by Crippen LogP contribution is -1.94. The highest BCUT2D eigenvalue weighted by Gasteiger charge is 2.11. The summed E-state index contributed by atoms with van der Waals surface area (Å²) in [7, 11) is 1.57. The number of methoxy groups -OCH3 is 1. The van der Waals surface area contributed by atoms with Gasteiger partial charge < -0.3 is 4.74 Å². The summed E-state index contributed by atoms with van der Waals surface area (Å²) >= 11 is 3.41. The van der Waals surface area contributed by atoms with E-state index in [9.17, 15) is 0 Å². The Morgan fingerprint density at radius 2 is 2.08 bits per heavy atom. The number of hydrogen-bond acceptors (Lipinski definition) is 2. The van der Waals surface area contributed by atoms with E-state index in [1.807, 2.05) is 19.9 Å². The van der Waals surface area contributed by atoms with Gasteiger partial charge in [-0.25, -0.2) is 0 Å². The molecule has 1 rings (SSSR count). The highest BCUT2D eigenvalue weighted by Crippen LogP contribution is 2.33. The quantitative estimate of drug-likeness (QED) is 0.755. The van der Waals surface area contributed by atoms with Crippen molar-refractivity contribution < 1.29 is 4.74 Å². The van der Waals surface area contributed by atoms with E-state index < -0.39 is 0 Å². The van der Waals surface area contributed by atoms with Crippen LogP contribution in [0.25, 0.3) is 0 Å². The van der Waals surface area contributed by atoms with Crippen molar-refractivity contribution in [1.29, 1.82) is 5.26 Å². The molecule has 0 radical (unpaired) electrons. The molecule has 0 aliphatic heterocycles. The summed E-state index contributed by atoms with van der Waals surface area (Å²) in [6, 6.07) is 3.93. The Morgan fingerprint density at radius 1 is 1.46 bits per heavy atom. The topological polar surface area (TPSA) is 33.0 Å². The predicted octanol–water partition coefficient (Wildman–Crippen LogP) is 2.95. The van der Waals surface area contributed by atoms with Crippen LogP contribution in [0.2, 0.25) is 0 Å². The van der Waals surface area contributed by atoms with Crippen molar-refractivity contribution in [3.63, 3.8) is 0 Å². The number of rotatable bonds is 1.